The van der Waals surface area contributed by atoms with Crippen LogP contribution >= 0.6 is 0 Å². The minimum Gasteiger partial charge on any atom is -0.283 e. The summed E-state index contributed by atoms with van der Waals surface area (Å²) in [6.45, 7) is 9.33. The number of benzene rings is 1. The molecule has 0 aliphatic rings. The normalized spacial score (nSPS) is 11.7. The first kappa shape index (κ1) is 20.9. The van der Waals surface area contributed by atoms with Gasteiger partial charge in [-0.05, 0) is 46.9 Å². The number of aromatic nitrogens is 8. The van der Waals surface area contributed by atoms with Crippen LogP contribution in [0.2, 0.25) is 0 Å². The highest BCUT2D eigenvalue weighted by atomic mass is 19.1. The molecule has 0 saturated heterocycles. The van der Waals surface area contributed by atoms with Crippen molar-refractivity contribution < 1.29 is 4.39 Å². The summed E-state index contributed by atoms with van der Waals surface area (Å²) in [5, 5.41) is 18.6. The predicted octanol–water partition coefficient (Wildman–Crippen LogP) is 3.83. The average molecular weight is 423 g/mol. The number of tetrazole rings is 1. The summed E-state index contributed by atoms with van der Waals surface area (Å²) < 4.78 is 17.9. The highest BCUT2D eigenvalue weighted by molar-refractivity contribution is 5.55. The van der Waals surface area contributed by atoms with Gasteiger partial charge in [-0.1, -0.05) is 39.8 Å². The smallest absolute Gasteiger partial charge is 0.221 e. The number of aromatic amines is 1. The molecular weight excluding hydrogens is 395 g/mol. The van der Waals surface area contributed by atoms with Crippen LogP contribution in [-0.2, 0) is 19.4 Å². The lowest BCUT2D eigenvalue weighted by Gasteiger charge is -2.11. The van der Waals surface area contributed by atoms with Crippen LogP contribution in [0.25, 0.3) is 17.2 Å². The predicted molar refractivity (Wildman–Crippen MR) is 115 cm³/mol. The Hall–Kier alpha value is -3.36. The van der Waals surface area contributed by atoms with Gasteiger partial charge in [0, 0.05) is 18.5 Å². The van der Waals surface area contributed by atoms with Crippen molar-refractivity contribution in [2.45, 2.75) is 47.1 Å². The molecule has 8 nitrogen and oxygen atoms in total. The van der Waals surface area contributed by atoms with E-state index in [0.717, 1.165) is 30.1 Å². The number of H-pyrrole nitrogens is 1. The van der Waals surface area contributed by atoms with E-state index in [0.29, 0.717) is 35.6 Å². The van der Waals surface area contributed by atoms with E-state index in [4.69, 9.17) is 10.1 Å². The van der Waals surface area contributed by atoms with Gasteiger partial charge in [-0.2, -0.15) is 14.7 Å². The molecule has 0 aliphatic heterocycles. The number of halogens is 1. The highest BCUT2D eigenvalue weighted by Crippen LogP contribution is 2.23. The van der Waals surface area contributed by atoms with Crippen LogP contribution in [0.4, 0.5) is 4.39 Å². The summed E-state index contributed by atoms with van der Waals surface area (Å²) in [6, 6.07) is 10.8. The second-order valence-corrected chi connectivity index (χ2v) is 8.58. The third kappa shape index (κ3) is 4.70. The van der Waals surface area contributed by atoms with Crippen LogP contribution < -0.4 is 0 Å². The molecule has 0 bridgehead atoms. The zero-order valence-electron chi connectivity index (χ0n) is 18.2. The lowest BCUT2D eigenvalue weighted by molar-refractivity contribution is 0.558. The second-order valence-electron chi connectivity index (χ2n) is 8.58. The molecule has 3 heterocycles. The Morgan fingerprint density at radius 1 is 0.968 bits per heavy atom. The summed E-state index contributed by atoms with van der Waals surface area (Å²) in [6.07, 6.45) is 1.74. The first-order valence-electron chi connectivity index (χ1n) is 10.5. The molecule has 1 N–H and O–H groups in total. The van der Waals surface area contributed by atoms with Crippen molar-refractivity contribution in [1.29, 1.82) is 0 Å². The van der Waals surface area contributed by atoms with Crippen molar-refractivity contribution in [3.63, 3.8) is 0 Å². The summed E-state index contributed by atoms with van der Waals surface area (Å²) in [7, 11) is 0. The summed E-state index contributed by atoms with van der Waals surface area (Å²) in [5.41, 5.74) is 2.30. The van der Waals surface area contributed by atoms with Gasteiger partial charge >= 0.3 is 0 Å². The molecule has 3 aromatic heterocycles. The molecule has 162 valence electrons. The van der Waals surface area contributed by atoms with Crippen LogP contribution in [-0.4, -0.2) is 40.0 Å². The molecule has 1 aromatic carbocycles. The molecule has 4 rings (SSSR count). The molecule has 31 heavy (non-hydrogen) atoms. The zero-order valence-corrected chi connectivity index (χ0v) is 18.2. The molecule has 0 aliphatic carbocycles. The Bertz CT molecular complexity index is 1120. The Balaban J connectivity index is 1.59. The van der Waals surface area contributed by atoms with Crippen molar-refractivity contribution in [1.82, 2.24) is 40.0 Å². The maximum atomic E-state index is 14.5. The minimum absolute atomic E-state index is 0.339. The zero-order chi connectivity index (χ0) is 22.0. The van der Waals surface area contributed by atoms with E-state index >= 15 is 0 Å². The molecule has 0 unspecified atom stereocenters. The van der Waals surface area contributed by atoms with E-state index < -0.39 is 0 Å². The Labute approximate surface area is 180 Å². The van der Waals surface area contributed by atoms with Gasteiger partial charge in [0.25, 0.3) is 0 Å². The van der Waals surface area contributed by atoms with Gasteiger partial charge in [-0.25, -0.2) is 9.67 Å². The number of hydrogen-bond acceptors (Lipinski definition) is 5. The SMILES string of the molecule is CC(C)Cc1nc(CC(C)C)n(Cc2ccc(-n3c(F)ccc3-c3nn[nH]n3)cc2)n1. The lowest BCUT2D eigenvalue weighted by Crippen LogP contribution is -2.10. The van der Waals surface area contributed by atoms with Crippen LogP contribution in [0.15, 0.2) is 36.4 Å². The number of hydrogen-bond donors (Lipinski definition) is 1. The van der Waals surface area contributed by atoms with Gasteiger partial charge in [0.15, 0.2) is 11.8 Å². The van der Waals surface area contributed by atoms with Crippen molar-refractivity contribution in [3.05, 3.63) is 59.6 Å². The van der Waals surface area contributed by atoms with Gasteiger partial charge in [-0.3, -0.25) is 4.57 Å². The Morgan fingerprint density at radius 3 is 2.35 bits per heavy atom. The minimum atomic E-state index is -0.388. The highest BCUT2D eigenvalue weighted by Gasteiger charge is 2.16. The molecule has 4 aromatic rings. The number of nitrogens with zero attached hydrogens (tertiary/aromatic N) is 7. The van der Waals surface area contributed by atoms with E-state index in [1.807, 2.05) is 28.9 Å². The van der Waals surface area contributed by atoms with E-state index in [-0.39, 0.29) is 5.95 Å². The van der Waals surface area contributed by atoms with Crippen molar-refractivity contribution in [3.8, 4) is 17.2 Å². The monoisotopic (exact) mass is 422 g/mol. The van der Waals surface area contributed by atoms with Gasteiger partial charge in [0.05, 0.1) is 12.2 Å². The largest absolute Gasteiger partial charge is 0.283 e. The first-order valence-corrected chi connectivity index (χ1v) is 10.5. The fourth-order valence-electron chi connectivity index (χ4n) is 3.56. The standard InChI is InChI=1S/C22H27FN8/c1-14(2)11-20-24-21(12-15(3)4)30(27-20)13-16-5-7-17(8-6-16)31-18(9-10-19(31)23)22-25-28-29-26-22/h5-10,14-15H,11-13H2,1-4H3,(H,25,26,28,29). The molecule has 9 heteroatoms. The molecule has 0 radical (unpaired) electrons. The number of nitrogens with one attached hydrogen (secondary N) is 1. The molecular formula is C22H27FN8. The van der Waals surface area contributed by atoms with E-state index in [1.165, 1.54) is 10.6 Å². The van der Waals surface area contributed by atoms with Gasteiger partial charge in [0.1, 0.15) is 5.82 Å². The van der Waals surface area contributed by atoms with Crippen molar-refractivity contribution >= 4 is 0 Å². The van der Waals surface area contributed by atoms with Crippen LogP contribution in [0.5, 0.6) is 0 Å². The van der Waals surface area contributed by atoms with Crippen molar-refractivity contribution in [2.24, 2.45) is 11.8 Å². The van der Waals surface area contributed by atoms with E-state index in [2.05, 4.69) is 48.3 Å². The molecule has 0 fully saturated rings. The summed E-state index contributed by atoms with van der Waals surface area (Å²) >= 11 is 0. The van der Waals surface area contributed by atoms with Crippen molar-refractivity contribution in [2.75, 3.05) is 0 Å². The summed E-state index contributed by atoms with van der Waals surface area (Å²) in [5.74, 6) is 2.85. The first-order chi connectivity index (χ1) is 14.9. The fourth-order valence-corrected chi connectivity index (χ4v) is 3.56. The van der Waals surface area contributed by atoms with Gasteiger partial charge in [-0.15, -0.1) is 10.2 Å². The lowest BCUT2D eigenvalue weighted by atomic mass is 10.1. The fraction of sp³-hybridized carbons (Fsp3) is 0.409. The summed E-state index contributed by atoms with van der Waals surface area (Å²) in [4.78, 5) is 4.77. The maximum absolute atomic E-state index is 14.5. The van der Waals surface area contributed by atoms with E-state index in [9.17, 15) is 4.39 Å². The molecule has 0 amide bonds. The molecule has 0 spiro atoms. The van der Waals surface area contributed by atoms with Crippen LogP contribution in [0, 0.1) is 17.8 Å². The van der Waals surface area contributed by atoms with E-state index in [1.54, 1.807) is 6.07 Å². The topological polar surface area (TPSA) is 90.1 Å². The van der Waals surface area contributed by atoms with Gasteiger partial charge in [0.2, 0.25) is 5.82 Å². The Morgan fingerprint density at radius 2 is 1.71 bits per heavy atom. The third-order valence-corrected chi connectivity index (χ3v) is 4.91. The Kier molecular flexibility index (Phi) is 5.92. The average Bonchev–Trinajstić information content (AvgIpc) is 3.43. The second kappa shape index (κ2) is 8.79. The quantitative estimate of drug-likeness (QED) is 0.466. The number of rotatable bonds is 8. The maximum Gasteiger partial charge on any atom is 0.221 e. The molecule has 0 atom stereocenters. The van der Waals surface area contributed by atoms with Crippen LogP contribution in [0.1, 0.15) is 44.9 Å². The molecule has 0 saturated carbocycles. The van der Waals surface area contributed by atoms with Gasteiger partial charge < -0.3 is 0 Å². The third-order valence-electron chi connectivity index (χ3n) is 4.91. The van der Waals surface area contributed by atoms with Crippen LogP contribution in [0.3, 0.4) is 0 Å².